The van der Waals surface area contributed by atoms with E-state index in [0.717, 1.165) is 12.8 Å². The maximum absolute atomic E-state index is 11.4. The molecular weight excluding hydrogens is 238 g/mol. The smallest absolute Gasteiger partial charge is 0.311 e. The SMILES string of the molecule is CCCC(C)C(C(=O)O)c1cccc(Cl)c1N. The van der Waals surface area contributed by atoms with Gasteiger partial charge in [0.2, 0.25) is 0 Å². The van der Waals surface area contributed by atoms with Gasteiger partial charge in [-0.05, 0) is 24.0 Å². The lowest BCUT2D eigenvalue weighted by Gasteiger charge is -2.21. The van der Waals surface area contributed by atoms with Gasteiger partial charge in [0.05, 0.1) is 16.6 Å². The molecule has 0 heterocycles. The summed E-state index contributed by atoms with van der Waals surface area (Å²) in [5, 5.41) is 9.75. The van der Waals surface area contributed by atoms with Crippen molar-refractivity contribution in [1.29, 1.82) is 0 Å². The first kappa shape index (κ1) is 13.8. The fraction of sp³-hybridized carbons (Fsp3) is 0.462. The summed E-state index contributed by atoms with van der Waals surface area (Å²) in [6.07, 6.45) is 1.80. The van der Waals surface area contributed by atoms with E-state index in [2.05, 4.69) is 0 Å². The van der Waals surface area contributed by atoms with Crippen LogP contribution in [0.3, 0.4) is 0 Å². The molecule has 0 fully saturated rings. The van der Waals surface area contributed by atoms with Crippen molar-refractivity contribution in [3.8, 4) is 0 Å². The van der Waals surface area contributed by atoms with Crippen molar-refractivity contribution in [3.63, 3.8) is 0 Å². The Balaban J connectivity index is 3.14. The molecule has 0 saturated heterocycles. The Labute approximate surface area is 107 Å². The van der Waals surface area contributed by atoms with Crippen molar-refractivity contribution >= 4 is 23.3 Å². The van der Waals surface area contributed by atoms with Gasteiger partial charge in [-0.2, -0.15) is 0 Å². The van der Waals surface area contributed by atoms with Gasteiger partial charge in [-0.3, -0.25) is 4.79 Å². The summed E-state index contributed by atoms with van der Waals surface area (Å²) in [6, 6.07) is 5.15. The zero-order valence-corrected chi connectivity index (χ0v) is 10.9. The number of para-hydroxylation sites is 1. The average molecular weight is 256 g/mol. The molecule has 3 N–H and O–H groups in total. The maximum Gasteiger partial charge on any atom is 0.311 e. The van der Waals surface area contributed by atoms with Crippen LogP contribution in [0.1, 0.15) is 38.2 Å². The summed E-state index contributed by atoms with van der Waals surface area (Å²) in [5.74, 6) is -1.40. The van der Waals surface area contributed by atoms with Gasteiger partial charge in [0.1, 0.15) is 0 Å². The molecular formula is C13H18ClNO2. The zero-order chi connectivity index (χ0) is 13.0. The van der Waals surface area contributed by atoms with E-state index < -0.39 is 11.9 Å². The standard InChI is InChI=1S/C13H18ClNO2/c1-3-5-8(2)11(13(16)17)9-6-4-7-10(14)12(9)15/h4,6-8,11H,3,5,15H2,1-2H3,(H,16,17). The Morgan fingerprint density at radius 2 is 2.18 bits per heavy atom. The lowest BCUT2D eigenvalue weighted by molar-refractivity contribution is -0.140. The minimum atomic E-state index is -0.847. The molecule has 0 amide bonds. The van der Waals surface area contributed by atoms with E-state index in [9.17, 15) is 9.90 Å². The maximum atomic E-state index is 11.4. The molecule has 0 aromatic heterocycles. The predicted octanol–water partition coefficient (Wildman–Crippen LogP) is 3.53. The Morgan fingerprint density at radius 3 is 2.71 bits per heavy atom. The normalized spacial score (nSPS) is 14.3. The van der Waals surface area contributed by atoms with Crippen molar-refractivity contribution in [2.45, 2.75) is 32.6 Å². The fourth-order valence-corrected chi connectivity index (χ4v) is 2.31. The molecule has 0 radical (unpaired) electrons. The molecule has 1 rings (SSSR count). The predicted molar refractivity (Wildman–Crippen MR) is 70.3 cm³/mol. The van der Waals surface area contributed by atoms with Gasteiger partial charge < -0.3 is 10.8 Å². The van der Waals surface area contributed by atoms with Gasteiger partial charge in [-0.15, -0.1) is 0 Å². The number of carboxylic acid groups (broad SMARTS) is 1. The van der Waals surface area contributed by atoms with Crippen LogP contribution < -0.4 is 5.73 Å². The third kappa shape index (κ3) is 3.13. The van der Waals surface area contributed by atoms with Crippen molar-refractivity contribution in [1.82, 2.24) is 0 Å². The van der Waals surface area contributed by atoms with E-state index in [-0.39, 0.29) is 5.92 Å². The number of hydrogen-bond donors (Lipinski definition) is 2. The summed E-state index contributed by atoms with van der Waals surface area (Å²) in [6.45, 7) is 3.97. The van der Waals surface area contributed by atoms with E-state index in [0.29, 0.717) is 16.3 Å². The molecule has 2 unspecified atom stereocenters. The van der Waals surface area contributed by atoms with Gasteiger partial charge >= 0.3 is 5.97 Å². The molecule has 2 atom stereocenters. The van der Waals surface area contributed by atoms with E-state index in [1.165, 1.54) is 0 Å². The first-order valence-corrected chi connectivity index (χ1v) is 6.13. The Bertz CT molecular complexity index is 406. The molecule has 0 spiro atoms. The summed E-state index contributed by atoms with van der Waals surface area (Å²) >= 11 is 5.93. The van der Waals surface area contributed by atoms with Crippen LogP contribution in [-0.2, 0) is 4.79 Å². The number of halogens is 1. The molecule has 1 aromatic carbocycles. The Morgan fingerprint density at radius 1 is 1.53 bits per heavy atom. The second-order valence-electron chi connectivity index (χ2n) is 4.32. The molecule has 0 saturated carbocycles. The first-order chi connectivity index (χ1) is 7.99. The number of carboxylic acids is 1. The number of rotatable bonds is 5. The highest BCUT2D eigenvalue weighted by Crippen LogP contribution is 2.35. The number of anilines is 1. The molecule has 0 bridgehead atoms. The third-order valence-electron chi connectivity index (χ3n) is 3.00. The van der Waals surface area contributed by atoms with Crippen LogP contribution >= 0.6 is 11.6 Å². The van der Waals surface area contributed by atoms with Crippen molar-refractivity contribution in [2.75, 3.05) is 5.73 Å². The number of nitrogen functional groups attached to an aromatic ring is 1. The molecule has 0 aliphatic heterocycles. The van der Waals surface area contributed by atoms with E-state index >= 15 is 0 Å². The zero-order valence-electron chi connectivity index (χ0n) is 10.1. The third-order valence-corrected chi connectivity index (χ3v) is 3.33. The van der Waals surface area contributed by atoms with Crippen LogP contribution in [0, 0.1) is 5.92 Å². The van der Waals surface area contributed by atoms with Crippen LogP contribution in [-0.4, -0.2) is 11.1 Å². The second-order valence-corrected chi connectivity index (χ2v) is 4.73. The molecule has 0 aliphatic rings. The van der Waals surface area contributed by atoms with Crippen molar-refractivity contribution in [3.05, 3.63) is 28.8 Å². The number of carbonyl (C=O) groups is 1. The van der Waals surface area contributed by atoms with E-state index in [1.54, 1.807) is 18.2 Å². The molecule has 94 valence electrons. The summed E-state index contributed by atoms with van der Waals surface area (Å²) in [7, 11) is 0. The number of benzene rings is 1. The van der Waals surface area contributed by atoms with Gasteiger partial charge in [-0.25, -0.2) is 0 Å². The second kappa shape index (κ2) is 5.92. The van der Waals surface area contributed by atoms with Gasteiger partial charge in [0.25, 0.3) is 0 Å². The summed E-state index contributed by atoms with van der Waals surface area (Å²) in [4.78, 5) is 11.4. The van der Waals surface area contributed by atoms with Gasteiger partial charge in [-0.1, -0.05) is 44.0 Å². The highest BCUT2D eigenvalue weighted by molar-refractivity contribution is 6.33. The highest BCUT2D eigenvalue weighted by atomic mass is 35.5. The lowest BCUT2D eigenvalue weighted by atomic mass is 9.84. The topological polar surface area (TPSA) is 63.3 Å². The molecule has 3 nitrogen and oxygen atoms in total. The Hall–Kier alpha value is -1.22. The van der Waals surface area contributed by atoms with Crippen LogP contribution in [0.4, 0.5) is 5.69 Å². The quantitative estimate of drug-likeness (QED) is 0.791. The summed E-state index contributed by atoms with van der Waals surface area (Å²) < 4.78 is 0. The first-order valence-electron chi connectivity index (χ1n) is 5.75. The Kier molecular flexibility index (Phi) is 4.82. The van der Waals surface area contributed by atoms with Gasteiger partial charge in [0, 0.05) is 0 Å². The van der Waals surface area contributed by atoms with E-state index in [4.69, 9.17) is 17.3 Å². The largest absolute Gasteiger partial charge is 0.481 e. The molecule has 4 heteroatoms. The molecule has 17 heavy (non-hydrogen) atoms. The van der Waals surface area contributed by atoms with E-state index in [1.807, 2.05) is 13.8 Å². The monoisotopic (exact) mass is 255 g/mol. The average Bonchev–Trinajstić information content (AvgIpc) is 2.24. The van der Waals surface area contributed by atoms with Crippen LogP contribution in [0.2, 0.25) is 5.02 Å². The van der Waals surface area contributed by atoms with Crippen molar-refractivity contribution < 1.29 is 9.90 Å². The molecule has 0 aliphatic carbocycles. The molecule has 1 aromatic rings. The number of hydrogen-bond acceptors (Lipinski definition) is 2. The highest BCUT2D eigenvalue weighted by Gasteiger charge is 2.28. The fourth-order valence-electron chi connectivity index (χ4n) is 2.13. The van der Waals surface area contributed by atoms with Crippen molar-refractivity contribution in [2.24, 2.45) is 5.92 Å². The number of nitrogens with two attached hydrogens (primary N) is 1. The van der Waals surface area contributed by atoms with Crippen LogP contribution in [0.15, 0.2) is 18.2 Å². The minimum absolute atomic E-state index is 0.0401. The summed E-state index contributed by atoms with van der Waals surface area (Å²) in [5.41, 5.74) is 6.86. The van der Waals surface area contributed by atoms with Crippen LogP contribution in [0.25, 0.3) is 0 Å². The minimum Gasteiger partial charge on any atom is -0.481 e. The lowest BCUT2D eigenvalue weighted by Crippen LogP contribution is -2.20. The van der Waals surface area contributed by atoms with Gasteiger partial charge in [0.15, 0.2) is 0 Å². The van der Waals surface area contributed by atoms with Crippen LogP contribution in [0.5, 0.6) is 0 Å². The number of aliphatic carboxylic acids is 1.